The third kappa shape index (κ3) is 3.17. The first-order chi connectivity index (χ1) is 10.7. The Bertz CT molecular complexity index is 747. The van der Waals surface area contributed by atoms with Crippen molar-refractivity contribution in [2.45, 2.75) is 44.0 Å². The van der Waals surface area contributed by atoms with E-state index in [1.807, 2.05) is 6.07 Å². The highest BCUT2D eigenvalue weighted by Crippen LogP contribution is 2.19. The summed E-state index contributed by atoms with van der Waals surface area (Å²) < 4.78 is 5.24. The lowest BCUT2D eigenvalue weighted by atomic mass is 9.95. The Kier molecular flexibility index (Phi) is 4.48. The Morgan fingerprint density at radius 2 is 2.00 bits per heavy atom. The molecule has 1 aliphatic carbocycles. The molecule has 1 aromatic heterocycles. The van der Waals surface area contributed by atoms with Crippen molar-refractivity contribution >= 4 is 28.5 Å². The summed E-state index contributed by atoms with van der Waals surface area (Å²) in [5.74, 6) is 0.0254. The number of nitrogens with one attached hydrogen (secondary N) is 1. The molecular formula is C17H18ClNO3. The summed E-state index contributed by atoms with van der Waals surface area (Å²) in [4.78, 5) is 24.4. The molecule has 5 heteroatoms. The number of benzene rings is 1. The monoisotopic (exact) mass is 319 g/mol. The molecule has 22 heavy (non-hydrogen) atoms. The van der Waals surface area contributed by atoms with Gasteiger partial charge >= 0.3 is 5.63 Å². The molecule has 0 unspecified atom stereocenters. The van der Waals surface area contributed by atoms with E-state index in [9.17, 15) is 9.59 Å². The molecule has 4 nitrogen and oxygen atoms in total. The molecule has 1 fully saturated rings. The first-order valence-electron chi connectivity index (χ1n) is 7.61. The van der Waals surface area contributed by atoms with E-state index in [1.165, 1.54) is 6.42 Å². The number of fused-ring (bicyclic) bond motifs is 1. The molecule has 0 saturated heterocycles. The fourth-order valence-electron chi connectivity index (χ4n) is 2.92. The predicted octanol–water partition coefficient (Wildman–Crippen LogP) is 3.59. The number of rotatable bonds is 3. The molecular weight excluding hydrogens is 302 g/mol. The van der Waals surface area contributed by atoms with Crippen LogP contribution >= 0.6 is 11.6 Å². The van der Waals surface area contributed by atoms with Crippen LogP contribution in [0.2, 0.25) is 0 Å². The first kappa shape index (κ1) is 15.1. The van der Waals surface area contributed by atoms with Gasteiger partial charge in [-0.25, -0.2) is 4.79 Å². The minimum absolute atomic E-state index is 0.0600. The standard InChI is InChI=1S/C17H18ClNO3/c18-10-11-6-7-15-12(8-11)9-14(17(21)22-15)16(20)19-13-4-2-1-3-5-13/h6-9,13H,1-5,10H2,(H,19,20). The van der Waals surface area contributed by atoms with Crippen LogP contribution < -0.4 is 10.9 Å². The Hall–Kier alpha value is -1.81. The van der Waals surface area contributed by atoms with Crippen molar-refractivity contribution in [3.8, 4) is 0 Å². The van der Waals surface area contributed by atoms with Gasteiger partial charge in [-0.15, -0.1) is 11.6 Å². The molecule has 0 atom stereocenters. The maximum atomic E-state index is 12.3. The minimum Gasteiger partial charge on any atom is -0.422 e. The zero-order valence-corrected chi connectivity index (χ0v) is 13.0. The number of hydrogen-bond donors (Lipinski definition) is 1. The highest BCUT2D eigenvalue weighted by Gasteiger charge is 2.19. The van der Waals surface area contributed by atoms with Crippen molar-refractivity contribution in [2.24, 2.45) is 0 Å². The van der Waals surface area contributed by atoms with Crippen molar-refractivity contribution in [2.75, 3.05) is 0 Å². The van der Waals surface area contributed by atoms with Gasteiger partial charge in [0.1, 0.15) is 11.1 Å². The average molecular weight is 320 g/mol. The molecule has 1 aliphatic rings. The maximum absolute atomic E-state index is 12.3. The van der Waals surface area contributed by atoms with E-state index < -0.39 is 5.63 Å². The Labute approximate surface area is 133 Å². The average Bonchev–Trinajstić information content (AvgIpc) is 2.54. The summed E-state index contributed by atoms with van der Waals surface area (Å²) in [7, 11) is 0. The van der Waals surface area contributed by atoms with Crippen molar-refractivity contribution in [3.63, 3.8) is 0 Å². The van der Waals surface area contributed by atoms with Crippen LogP contribution in [0.4, 0.5) is 0 Å². The highest BCUT2D eigenvalue weighted by molar-refractivity contribution is 6.17. The molecule has 0 spiro atoms. The summed E-state index contributed by atoms with van der Waals surface area (Å²) in [6.45, 7) is 0. The summed E-state index contributed by atoms with van der Waals surface area (Å²) in [6.07, 6.45) is 5.40. The van der Waals surface area contributed by atoms with Crippen molar-refractivity contribution < 1.29 is 9.21 Å². The third-order valence-corrected chi connectivity index (χ3v) is 4.44. The second-order valence-electron chi connectivity index (χ2n) is 5.76. The lowest BCUT2D eigenvalue weighted by Crippen LogP contribution is -2.38. The van der Waals surface area contributed by atoms with E-state index in [1.54, 1.807) is 18.2 Å². The Morgan fingerprint density at radius 3 is 2.73 bits per heavy atom. The molecule has 1 heterocycles. The lowest BCUT2D eigenvalue weighted by Gasteiger charge is -2.22. The Morgan fingerprint density at radius 1 is 1.23 bits per heavy atom. The van der Waals surface area contributed by atoms with Gasteiger partial charge in [0.2, 0.25) is 0 Å². The Balaban J connectivity index is 1.89. The second-order valence-corrected chi connectivity index (χ2v) is 6.03. The van der Waals surface area contributed by atoms with Gasteiger partial charge in [-0.05, 0) is 36.6 Å². The molecule has 2 aromatic rings. The molecule has 0 aliphatic heterocycles. The topological polar surface area (TPSA) is 59.3 Å². The molecule has 1 saturated carbocycles. The van der Waals surface area contributed by atoms with Crippen LogP contribution in [-0.2, 0) is 5.88 Å². The van der Waals surface area contributed by atoms with Crippen LogP contribution in [0.5, 0.6) is 0 Å². The van der Waals surface area contributed by atoms with Gasteiger partial charge in [-0.1, -0.05) is 25.3 Å². The molecule has 116 valence electrons. The SMILES string of the molecule is O=C(NC1CCCCC1)c1cc2cc(CCl)ccc2oc1=O. The van der Waals surface area contributed by atoms with E-state index in [4.69, 9.17) is 16.0 Å². The van der Waals surface area contributed by atoms with Crippen LogP contribution in [0.25, 0.3) is 11.0 Å². The van der Waals surface area contributed by atoms with E-state index >= 15 is 0 Å². The maximum Gasteiger partial charge on any atom is 0.349 e. The second kappa shape index (κ2) is 6.53. The zero-order chi connectivity index (χ0) is 15.5. The number of hydrogen-bond acceptors (Lipinski definition) is 3. The predicted molar refractivity (Wildman–Crippen MR) is 86.4 cm³/mol. The van der Waals surface area contributed by atoms with Crippen molar-refractivity contribution in [3.05, 3.63) is 45.8 Å². The lowest BCUT2D eigenvalue weighted by molar-refractivity contribution is 0.0924. The quantitative estimate of drug-likeness (QED) is 0.694. The molecule has 3 rings (SSSR count). The van der Waals surface area contributed by atoms with Crippen LogP contribution in [0.15, 0.2) is 33.5 Å². The zero-order valence-electron chi connectivity index (χ0n) is 12.2. The number of carbonyl (C=O) groups is 1. The van der Waals surface area contributed by atoms with Gasteiger partial charge in [0.05, 0.1) is 0 Å². The number of halogens is 1. The fraction of sp³-hybridized carbons (Fsp3) is 0.412. The third-order valence-electron chi connectivity index (χ3n) is 4.14. The minimum atomic E-state index is -0.598. The number of carbonyl (C=O) groups excluding carboxylic acids is 1. The molecule has 0 bridgehead atoms. The molecule has 1 aromatic carbocycles. The summed E-state index contributed by atoms with van der Waals surface area (Å²) in [6, 6.07) is 7.10. The van der Waals surface area contributed by atoms with Gasteiger partial charge in [-0.3, -0.25) is 4.79 Å². The smallest absolute Gasteiger partial charge is 0.349 e. The van der Waals surface area contributed by atoms with E-state index in [0.29, 0.717) is 16.8 Å². The van der Waals surface area contributed by atoms with E-state index in [0.717, 1.165) is 31.2 Å². The van der Waals surface area contributed by atoms with Gasteiger partial charge in [0.15, 0.2) is 0 Å². The summed E-state index contributed by atoms with van der Waals surface area (Å²) >= 11 is 5.82. The van der Waals surface area contributed by atoms with Gasteiger partial charge in [-0.2, -0.15) is 0 Å². The summed E-state index contributed by atoms with van der Waals surface area (Å²) in [5.41, 5.74) is 0.846. The van der Waals surface area contributed by atoms with Crippen molar-refractivity contribution in [1.29, 1.82) is 0 Å². The first-order valence-corrected chi connectivity index (χ1v) is 8.14. The largest absolute Gasteiger partial charge is 0.422 e. The fourth-order valence-corrected chi connectivity index (χ4v) is 3.09. The molecule has 0 radical (unpaired) electrons. The van der Waals surface area contributed by atoms with Crippen LogP contribution in [-0.4, -0.2) is 11.9 Å². The number of amides is 1. The number of alkyl halides is 1. The molecule has 1 N–H and O–H groups in total. The highest BCUT2D eigenvalue weighted by atomic mass is 35.5. The van der Waals surface area contributed by atoms with Gasteiger partial charge < -0.3 is 9.73 Å². The van der Waals surface area contributed by atoms with Crippen molar-refractivity contribution in [1.82, 2.24) is 5.32 Å². The van der Waals surface area contributed by atoms with Gasteiger partial charge in [0, 0.05) is 17.3 Å². The van der Waals surface area contributed by atoms with E-state index in [2.05, 4.69) is 5.32 Å². The normalized spacial score (nSPS) is 15.9. The van der Waals surface area contributed by atoms with Gasteiger partial charge in [0.25, 0.3) is 5.91 Å². The molecule has 1 amide bonds. The van der Waals surface area contributed by atoms with Crippen LogP contribution in [0.1, 0.15) is 48.0 Å². The van der Waals surface area contributed by atoms with Crippen LogP contribution in [0, 0.1) is 0 Å². The van der Waals surface area contributed by atoms with Crippen LogP contribution in [0.3, 0.4) is 0 Å². The van der Waals surface area contributed by atoms with E-state index in [-0.39, 0.29) is 17.5 Å². The summed E-state index contributed by atoms with van der Waals surface area (Å²) in [5, 5.41) is 3.66.